The number of fused-ring (bicyclic) bond motifs is 1. The van der Waals surface area contributed by atoms with Crippen molar-refractivity contribution in [1.29, 1.82) is 10.7 Å². The third-order valence-electron chi connectivity index (χ3n) is 6.41. The highest BCUT2D eigenvalue weighted by Crippen LogP contribution is 2.34. The van der Waals surface area contributed by atoms with Crippen molar-refractivity contribution in [3.8, 4) is 6.07 Å². The Hall–Kier alpha value is -3.40. The first-order valence-electron chi connectivity index (χ1n) is 11.8. The molecule has 2 aliphatic heterocycles. The maximum absolute atomic E-state index is 14.7. The van der Waals surface area contributed by atoms with Crippen LogP contribution in [0, 0.1) is 39.9 Å². The first-order chi connectivity index (χ1) is 18.1. The van der Waals surface area contributed by atoms with Gasteiger partial charge in [0.25, 0.3) is 0 Å². The number of rotatable bonds is 5. The molecule has 2 aromatic carbocycles. The lowest BCUT2D eigenvalue weighted by Gasteiger charge is -2.24. The minimum absolute atomic E-state index is 0.000804. The van der Waals surface area contributed by atoms with E-state index in [0.717, 1.165) is 23.9 Å². The van der Waals surface area contributed by atoms with Crippen molar-refractivity contribution in [3.63, 3.8) is 0 Å². The predicted octanol–water partition coefficient (Wildman–Crippen LogP) is 3.27. The van der Waals surface area contributed by atoms with Gasteiger partial charge < -0.3 is 20.3 Å². The molecule has 4 rings (SSSR count). The Balaban J connectivity index is 2.30. The lowest BCUT2D eigenvalue weighted by Crippen LogP contribution is -2.32. The lowest BCUT2D eigenvalue weighted by molar-refractivity contribution is -0.138. The van der Waals surface area contributed by atoms with Crippen LogP contribution in [-0.4, -0.2) is 56.7 Å². The third kappa shape index (κ3) is 5.01. The van der Waals surface area contributed by atoms with Crippen LogP contribution in [0.4, 0.5) is 23.2 Å². The second-order valence-electron chi connectivity index (χ2n) is 8.70. The molecule has 0 spiro atoms. The summed E-state index contributed by atoms with van der Waals surface area (Å²) in [5, 5.41) is 23.8. The molecule has 12 heteroatoms. The average Bonchev–Trinajstić information content (AvgIpc) is 3.02. The molecule has 7 nitrogen and oxygen atoms in total. The van der Waals surface area contributed by atoms with Crippen LogP contribution < -0.4 is 21.1 Å². The molecule has 3 N–H and O–H groups in total. The molecule has 38 heavy (non-hydrogen) atoms. The summed E-state index contributed by atoms with van der Waals surface area (Å²) in [5.41, 5.74) is -0.480. The van der Waals surface area contributed by atoms with E-state index in [1.165, 1.54) is 6.07 Å². The Kier molecular flexibility index (Phi) is 8.10. The maximum atomic E-state index is 14.7. The highest BCUT2D eigenvalue weighted by atomic mass is 32.2. The predicted molar refractivity (Wildman–Crippen MR) is 140 cm³/mol. The van der Waals surface area contributed by atoms with E-state index in [1.807, 2.05) is 11.0 Å². The van der Waals surface area contributed by atoms with Gasteiger partial charge in [-0.3, -0.25) is 5.41 Å². The number of nitrogens with one attached hydrogen (secondary N) is 3. The van der Waals surface area contributed by atoms with Crippen molar-refractivity contribution in [2.24, 2.45) is 4.99 Å². The molecular formula is C26H26F4N6OS. The summed E-state index contributed by atoms with van der Waals surface area (Å²) in [6.45, 7) is 7.36. The van der Waals surface area contributed by atoms with Crippen LogP contribution in [0.3, 0.4) is 0 Å². The Morgan fingerprint density at radius 2 is 2.05 bits per heavy atom. The van der Waals surface area contributed by atoms with E-state index in [-0.39, 0.29) is 48.6 Å². The zero-order chi connectivity index (χ0) is 27.6. The SMILES string of the molecule is C=N/C(=c1/cc(C(F)(F)F)/c(=c2/ccc(F)c3c2=C(C#N)C(=N)S3)c(C)c1NCNC)N1CCCOCC1. The molecule has 1 saturated heterocycles. The van der Waals surface area contributed by atoms with Crippen molar-refractivity contribution >= 4 is 40.6 Å². The van der Waals surface area contributed by atoms with Crippen LogP contribution in [0.25, 0.3) is 11.4 Å². The first kappa shape index (κ1) is 27.6. The highest BCUT2D eigenvalue weighted by molar-refractivity contribution is 8.15. The number of alkyl halides is 3. The molecule has 2 aliphatic rings. The topological polar surface area (TPSA) is 96.5 Å². The largest absolute Gasteiger partial charge is 0.417 e. The number of aliphatic imine (C=N–C) groups is 1. The summed E-state index contributed by atoms with van der Waals surface area (Å²) in [6.07, 6.45) is -4.11. The number of hydrogen-bond acceptors (Lipinski definition) is 8. The van der Waals surface area contributed by atoms with Gasteiger partial charge in [-0.15, -0.1) is 0 Å². The quantitative estimate of drug-likeness (QED) is 0.303. The fourth-order valence-corrected chi connectivity index (χ4v) is 5.70. The standard InChI is InChI=1S/C26H26F4N6OS/c1-14-20(15-5-6-19(27)23-21(15)17(12-31)24(32)38-23)18(26(28,29)30)11-16(22(14)35-13-33-2)25(34-3)36-7-4-9-37-10-8-36/h5-6,11,32-33,35H,3-4,7-10,13H2,1-2H3/b20-15-,25-16+,32-24?. The number of nitrogens with zero attached hydrogens (tertiary/aromatic N) is 3. The summed E-state index contributed by atoms with van der Waals surface area (Å²) >= 11 is 0.725. The number of thioether (sulfide) groups is 1. The van der Waals surface area contributed by atoms with Gasteiger partial charge in [-0.2, -0.15) is 18.4 Å². The van der Waals surface area contributed by atoms with Crippen molar-refractivity contribution in [1.82, 2.24) is 10.2 Å². The number of ether oxygens (including phenoxy) is 1. The van der Waals surface area contributed by atoms with Crippen molar-refractivity contribution < 1.29 is 22.3 Å². The molecule has 0 aliphatic carbocycles. The summed E-state index contributed by atoms with van der Waals surface area (Å²) in [5.74, 6) is -0.407. The van der Waals surface area contributed by atoms with E-state index >= 15 is 0 Å². The van der Waals surface area contributed by atoms with E-state index in [0.29, 0.717) is 44.2 Å². The molecule has 1 fully saturated rings. The Morgan fingerprint density at radius 1 is 1.29 bits per heavy atom. The highest BCUT2D eigenvalue weighted by Gasteiger charge is 2.34. The number of benzene rings is 2. The lowest BCUT2D eigenvalue weighted by atomic mass is 9.98. The van der Waals surface area contributed by atoms with Crippen LogP contribution in [-0.2, 0) is 10.9 Å². The van der Waals surface area contributed by atoms with E-state index in [9.17, 15) is 22.8 Å². The van der Waals surface area contributed by atoms with Crippen LogP contribution in [0.1, 0.15) is 17.5 Å². The monoisotopic (exact) mass is 546 g/mol. The van der Waals surface area contributed by atoms with Crippen LogP contribution in [0.15, 0.2) is 28.1 Å². The molecule has 0 radical (unpaired) electrons. The molecule has 2 heterocycles. The Labute approximate surface area is 220 Å². The fraction of sp³-hybridized carbons (Fsp3) is 0.346. The van der Waals surface area contributed by atoms with Gasteiger partial charge in [-0.25, -0.2) is 9.38 Å². The van der Waals surface area contributed by atoms with Gasteiger partial charge in [0.2, 0.25) is 0 Å². The molecule has 0 bridgehead atoms. The van der Waals surface area contributed by atoms with Gasteiger partial charge in [0.05, 0.1) is 29.3 Å². The molecule has 2 aromatic rings. The van der Waals surface area contributed by atoms with Gasteiger partial charge in [-0.1, -0.05) is 17.8 Å². The summed E-state index contributed by atoms with van der Waals surface area (Å²) in [7, 11) is 1.69. The van der Waals surface area contributed by atoms with Crippen LogP contribution >= 0.6 is 11.8 Å². The second kappa shape index (κ2) is 11.1. The van der Waals surface area contributed by atoms with Gasteiger partial charge in [0.15, 0.2) is 0 Å². The van der Waals surface area contributed by atoms with Gasteiger partial charge in [0, 0.05) is 35.8 Å². The molecule has 0 saturated carbocycles. The van der Waals surface area contributed by atoms with Crippen LogP contribution in [0.2, 0.25) is 0 Å². The number of hydrogen-bond donors (Lipinski definition) is 3. The van der Waals surface area contributed by atoms with E-state index in [1.54, 1.807) is 14.0 Å². The zero-order valence-corrected chi connectivity index (χ0v) is 21.7. The van der Waals surface area contributed by atoms with Gasteiger partial charge in [0.1, 0.15) is 22.8 Å². The second-order valence-corrected chi connectivity index (χ2v) is 9.72. The molecule has 0 amide bonds. The first-order valence-corrected chi connectivity index (χ1v) is 12.6. The smallest absolute Gasteiger partial charge is 0.380 e. The minimum Gasteiger partial charge on any atom is -0.380 e. The minimum atomic E-state index is -4.79. The van der Waals surface area contributed by atoms with E-state index in [4.69, 9.17) is 10.1 Å². The summed E-state index contributed by atoms with van der Waals surface area (Å²) < 4.78 is 64.4. The molecule has 0 atom stereocenters. The normalized spacial score (nSPS) is 17.6. The number of anilines is 1. The molecule has 0 aromatic heterocycles. The number of nitriles is 1. The average molecular weight is 547 g/mol. The molecule has 0 unspecified atom stereocenters. The van der Waals surface area contributed by atoms with Crippen molar-refractivity contribution in [2.75, 3.05) is 45.3 Å². The zero-order valence-electron chi connectivity index (χ0n) is 20.9. The van der Waals surface area contributed by atoms with E-state index < -0.39 is 17.6 Å². The summed E-state index contributed by atoms with van der Waals surface area (Å²) in [6, 6.07) is 5.22. The fourth-order valence-electron chi connectivity index (χ4n) is 4.77. The summed E-state index contributed by atoms with van der Waals surface area (Å²) in [4.78, 5) is 5.97. The van der Waals surface area contributed by atoms with Crippen molar-refractivity contribution in [3.05, 3.63) is 56.0 Å². The third-order valence-corrected chi connectivity index (χ3v) is 7.42. The van der Waals surface area contributed by atoms with Crippen molar-refractivity contribution in [2.45, 2.75) is 24.4 Å². The van der Waals surface area contributed by atoms with Crippen LogP contribution in [0.5, 0.6) is 0 Å². The Morgan fingerprint density at radius 3 is 2.71 bits per heavy atom. The number of halogens is 4. The van der Waals surface area contributed by atoms with E-state index in [2.05, 4.69) is 22.3 Å². The molecular weight excluding hydrogens is 520 g/mol. The van der Waals surface area contributed by atoms with Gasteiger partial charge >= 0.3 is 6.18 Å². The maximum Gasteiger partial charge on any atom is 0.417 e. The molecule has 200 valence electrons. The Bertz CT molecular complexity index is 1560. The van der Waals surface area contributed by atoms with Gasteiger partial charge in [-0.05, 0) is 55.2 Å².